The van der Waals surface area contributed by atoms with Gasteiger partial charge in [-0.15, -0.1) is 0 Å². The molecule has 0 N–H and O–H groups in total. The van der Waals surface area contributed by atoms with Crippen LogP contribution in [0.2, 0.25) is 0 Å². The van der Waals surface area contributed by atoms with E-state index in [0.717, 1.165) is 0 Å². The zero-order valence-corrected chi connectivity index (χ0v) is 16.2. The molecule has 28 heavy (non-hydrogen) atoms. The molecule has 2 heterocycles. The number of anilines is 1. The molecule has 3 rings (SSSR count). The number of hydrogen-bond donors (Lipinski definition) is 0. The highest BCUT2D eigenvalue weighted by molar-refractivity contribution is 5.92. The summed E-state index contributed by atoms with van der Waals surface area (Å²) in [6, 6.07) is 10.1. The summed E-state index contributed by atoms with van der Waals surface area (Å²) in [6.07, 6.45) is 2.79. The van der Waals surface area contributed by atoms with Crippen molar-refractivity contribution in [1.82, 2.24) is 19.8 Å². The third kappa shape index (κ3) is 4.76. The quantitative estimate of drug-likeness (QED) is 0.786. The van der Waals surface area contributed by atoms with Crippen molar-refractivity contribution >= 4 is 17.8 Å². The molecule has 1 aliphatic rings. The third-order valence-electron chi connectivity index (χ3n) is 4.60. The average molecular weight is 383 g/mol. The molecule has 148 valence electrons. The van der Waals surface area contributed by atoms with Gasteiger partial charge in [0.15, 0.2) is 0 Å². The molecule has 0 saturated carbocycles. The smallest absolute Gasteiger partial charge is 0.409 e. The molecular formula is C20H25N5O3. The molecule has 1 saturated heterocycles. The first-order chi connectivity index (χ1) is 13.6. The Hall–Kier alpha value is -3.16. The summed E-state index contributed by atoms with van der Waals surface area (Å²) in [6.45, 7) is 4.64. The van der Waals surface area contributed by atoms with Crippen LogP contribution in [0.3, 0.4) is 0 Å². The maximum absolute atomic E-state index is 12.6. The highest BCUT2D eigenvalue weighted by Gasteiger charge is 2.26. The normalized spacial score (nSPS) is 13.9. The van der Waals surface area contributed by atoms with Crippen LogP contribution in [0.15, 0.2) is 42.7 Å². The standard InChI is InChI=1S/C20H25N5O3/c1-3-28-20(27)25-11-9-24(10-12-25)19(26)17-13-22-18(14-21-17)23(2)15-16-7-5-4-6-8-16/h4-8,13-14H,3,9-12,15H2,1-2H3. The van der Waals surface area contributed by atoms with Crippen molar-refractivity contribution in [3.8, 4) is 0 Å². The van der Waals surface area contributed by atoms with E-state index in [1.807, 2.05) is 30.1 Å². The van der Waals surface area contributed by atoms with Gasteiger partial charge in [0.25, 0.3) is 5.91 Å². The summed E-state index contributed by atoms with van der Waals surface area (Å²) in [7, 11) is 1.94. The average Bonchev–Trinajstić information content (AvgIpc) is 2.74. The van der Waals surface area contributed by atoms with E-state index >= 15 is 0 Å². The Bertz CT molecular complexity index is 789. The van der Waals surface area contributed by atoms with Crippen LogP contribution < -0.4 is 4.90 Å². The maximum Gasteiger partial charge on any atom is 0.409 e. The topological polar surface area (TPSA) is 78.9 Å². The molecule has 1 aromatic heterocycles. The molecule has 8 heteroatoms. The number of benzene rings is 1. The predicted molar refractivity (Wildman–Crippen MR) is 105 cm³/mol. The second kappa shape index (κ2) is 9.16. The van der Waals surface area contributed by atoms with Crippen molar-refractivity contribution in [3.05, 3.63) is 54.0 Å². The van der Waals surface area contributed by atoms with Gasteiger partial charge in [-0.3, -0.25) is 4.79 Å². The van der Waals surface area contributed by atoms with Gasteiger partial charge < -0.3 is 19.4 Å². The Morgan fingerprint density at radius 3 is 2.32 bits per heavy atom. The fraction of sp³-hybridized carbons (Fsp3) is 0.400. The molecule has 1 aliphatic heterocycles. The van der Waals surface area contributed by atoms with Gasteiger partial charge in [0, 0.05) is 39.8 Å². The number of amides is 2. The van der Waals surface area contributed by atoms with Crippen LogP contribution in [0.1, 0.15) is 23.0 Å². The molecule has 0 bridgehead atoms. The van der Waals surface area contributed by atoms with E-state index in [-0.39, 0.29) is 12.0 Å². The minimum Gasteiger partial charge on any atom is -0.450 e. The molecule has 1 fully saturated rings. The van der Waals surface area contributed by atoms with E-state index in [4.69, 9.17) is 4.74 Å². The molecule has 2 amide bonds. The lowest BCUT2D eigenvalue weighted by atomic mass is 10.2. The first-order valence-electron chi connectivity index (χ1n) is 9.36. The Morgan fingerprint density at radius 2 is 1.71 bits per heavy atom. The van der Waals surface area contributed by atoms with E-state index in [9.17, 15) is 9.59 Å². The van der Waals surface area contributed by atoms with Crippen molar-refractivity contribution < 1.29 is 14.3 Å². The van der Waals surface area contributed by atoms with Gasteiger partial charge in [-0.25, -0.2) is 14.8 Å². The van der Waals surface area contributed by atoms with E-state index in [1.54, 1.807) is 22.9 Å². The molecule has 0 atom stereocenters. The summed E-state index contributed by atoms with van der Waals surface area (Å²) in [4.78, 5) is 38.4. The van der Waals surface area contributed by atoms with Crippen LogP contribution in [-0.4, -0.2) is 71.6 Å². The Labute approximate surface area is 164 Å². The third-order valence-corrected chi connectivity index (χ3v) is 4.60. The van der Waals surface area contributed by atoms with Crippen molar-refractivity contribution in [2.24, 2.45) is 0 Å². The van der Waals surface area contributed by atoms with Crippen molar-refractivity contribution in [1.29, 1.82) is 0 Å². The van der Waals surface area contributed by atoms with Crippen LogP contribution in [0.4, 0.5) is 10.6 Å². The first-order valence-corrected chi connectivity index (χ1v) is 9.36. The number of carbonyl (C=O) groups excluding carboxylic acids is 2. The lowest BCUT2D eigenvalue weighted by Crippen LogP contribution is -2.50. The lowest BCUT2D eigenvalue weighted by Gasteiger charge is -2.33. The molecule has 0 radical (unpaired) electrons. The van der Waals surface area contributed by atoms with Crippen LogP contribution in [-0.2, 0) is 11.3 Å². The van der Waals surface area contributed by atoms with Gasteiger partial charge >= 0.3 is 6.09 Å². The number of carbonyl (C=O) groups is 2. The minimum absolute atomic E-state index is 0.173. The first kappa shape index (κ1) is 19.6. The van der Waals surface area contributed by atoms with Crippen molar-refractivity contribution in [2.75, 3.05) is 44.7 Å². The zero-order chi connectivity index (χ0) is 19.9. The van der Waals surface area contributed by atoms with Crippen molar-refractivity contribution in [3.63, 3.8) is 0 Å². The number of rotatable bonds is 5. The van der Waals surface area contributed by atoms with Gasteiger partial charge in [0.05, 0.1) is 19.0 Å². The van der Waals surface area contributed by atoms with Crippen LogP contribution in [0, 0.1) is 0 Å². The van der Waals surface area contributed by atoms with E-state index in [1.165, 1.54) is 11.8 Å². The number of hydrogen-bond acceptors (Lipinski definition) is 6. The van der Waals surface area contributed by atoms with Crippen LogP contribution in [0.25, 0.3) is 0 Å². The second-order valence-corrected chi connectivity index (χ2v) is 6.58. The summed E-state index contributed by atoms with van der Waals surface area (Å²) < 4.78 is 5.00. The molecular weight excluding hydrogens is 358 g/mol. The Kier molecular flexibility index (Phi) is 6.41. The summed E-state index contributed by atoms with van der Waals surface area (Å²) in [5.41, 5.74) is 1.48. The Morgan fingerprint density at radius 1 is 1.04 bits per heavy atom. The summed E-state index contributed by atoms with van der Waals surface area (Å²) in [5.74, 6) is 0.529. The SMILES string of the molecule is CCOC(=O)N1CCN(C(=O)c2cnc(N(C)Cc3ccccc3)cn2)CC1. The van der Waals surface area contributed by atoms with E-state index < -0.39 is 0 Å². The molecule has 0 spiro atoms. The van der Waals surface area contributed by atoms with Gasteiger partial charge in [-0.1, -0.05) is 30.3 Å². The molecule has 0 unspecified atom stereocenters. The van der Waals surface area contributed by atoms with Gasteiger partial charge in [0.2, 0.25) is 0 Å². The van der Waals surface area contributed by atoms with Gasteiger partial charge in [-0.2, -0.15) is 0 Å². The minimum atomic E-state index is -0.333. The van der Waals surface area contributed by atoms with Gasteiger partial charge in [0.1, 0.15) is 11.5 Å². The van der Waals surface area contributed by atoms with E-state index in [0.29, 0.717) is 50.8 Å². The number of nitrogens with zero attached hydrogens (tertiary/aromatic N) is 5. The zero-order valence-electron chi connectivity index (χ0n) is 16.2. The highest BCUT2D eigenvalue weighted by atomic mass is 16.6. The number of aromatic nitrogens is 2. The summed E-state index contributed by atoms with van der Waals surface area (Å²) >= 11 is 0. The molecule has 2 aromatic rings. The van der Waals surface area contributed by atoms with Crippen molar-refractivity contribution in [2.45, 2.75) is 13.5 Å². The highest BCUT2D eigenvalue weighted by Crippen LogP contribution is 2.13. The van der Waals surface area contributed by atoms with Crippen LogP contribution in [0.5, 0.6) is 0 Å². The van der Waals surface area contributed by atoms with Crippen LogP contribution >= 0.6 is 0 Å². The fourth-order valence-electron chi connectivity index (χ4n) is 3.04. The summed E-state index contributed by atoms with van der Waals surface area (Å²) in [5, 5.41) is 0. The monoisotopic (exact) mass is 383 g/mol. The Balaban J connectivity index is 1.56. The second-order valence-electron chi connectivity index (χ2n) is 6.58. The fourth-order valence-corrected chi connectivity index (χ4v) is 3.04. The number of piperazine rings is 1. The molecule has 0 aliphatic carbocycles. The van der Waals surface area contributed by atoms with E-state index in [2.05, 4.69) is 22.1 Å². The van der Waals surface area contributed by atoms with Gasteiger partial charge in [-0.05, 0) is 12.5 Å². The number of ether oxygens (including phenoxy) is 1. The lowest BCUT2D eigenvalue weighted by molar-refractivity contribution is 0.0565. The molecule has 1 aromatic carbocycles. The largest absolute Gasteiger partial charge is 0.450 e. The molecule has 8 nitrogen and oxygen atoms in total. The predicted octanol–water partition coefficient (Wildman–Crippen LogP) is 2.03. The maximum atomic E-state index is 12.6.